The number of sulfonamides is 1. The zero-order chi connectivity index (χ0) is 12.1. The maximum atomic E-state index is 11.5. The lowest BCUT2D eigenvalue weighted by molar-refractivity contribution is 0.241. The first kappa shape index (κ1) is 15.5. The molecule has 0 aromatic heterocycles. The number of nitrogens with zero attached hydrogens (tertiary/aromatic N) is 1. The minimum Gasteiger partial charge on any atom is -0.317 e. The first-order valence-corrected chi connectivity index (χ1v) is 9.13. The summed E-state index contributed by atoms with van der Waals surface area (Å²) in [5.41, 5.74) is 0. The van der Waals surface area contributed by atoms with Gasteiger partial charge < -0.3 is 9.05 Å². The molecule has 0 aliphatic carbocycles. The predicted octanol–water partition coefficient (Wildman–Crippen LogP) is 1.57. The first-order chi connectivity index (χ1) is 6.81. The van der Waals surface area contributed by atoms with Crippen LogP contribution in [0.1, 0.15) is 20.8 Å². The number of hydrogen-bond acceptors (Lipinski definition) is 5. The lowest BCUT2D eigenvalue weighted by atomic mass is 10.8. The van der Waals surface area contributed by atoms with Gasteiger partial charge in [0.25, 0.3) is 6.64 Å². The van der Waals surface area contributed by atoms with Crippen LogP contribution in [0.15, 0.2) is 0 Å². The van der Waals surface area contributed by atoms with Crippen molar-refractivity contribution in [3.63, 3.8) is 0 Å². The summed E-state index contributed by atoms with van der Waals surface area (Å²) in [6.45, 7) is 3.29. The molecular formula is C7H18NO4PS2. The molecule has 0 aromatic carbocycles. The molecule has 0 spiro atoms. The lowest BCUT2D eigenvalue weighted by Crippen LogP contribution is -2.28. The summed E-state index contributed by atoms with van der Waals surface area (Å²) in [4.78, 5) is 0. The van der Waals surface area contributed by atoms with Crippen molar-refractivity contribution in [2.45, 2.75) is 20.8 Å². The summed E-state index contributed by atoms with van der Waals surface area (Å²) in [5, 5.41) is 0. The fourth-order valence-electron chi connectivity index (χ4n) is 1.08. The van der Waals surface area contributed by atoms with Crippen LogP contribution in [0.5, 0.6) is 0 Å². The largest absolute Gasteiger partial charge is 0.317 e. The Kier molecular flexibility index (Phi) is 6.47. The fourth-order valence-corrected chi connectivity index (χ4v) is 6.69. The average molecular weight is 275 g/mol. The second-order valence-electron chi connectivity index (χ2n) is 2.71. The molecule has 0 aliphatic rings. The van der Waals surface area contributed by atoms with E-state index in [1.807, 2.05) is 0 Å². The average Bonchev–Trinajstić information content (AvgIpc) is 2.02. The van der Waals surface area contributed by atoms with Gasteiger partial charge in [0, 0.05) is 6.54 Å². The summed E-state index contributed by atoms with van der Waals surface area (Å²) >= 11 is 5.18. The van der Waals surface area contributed by atoms with Crippen LogP contribution in [-0.2, 0) is 30.9 Å². The van der Waals surface area contributed by atoms with Crippen LogP contribution in [0.4, 0.5) is 0 Å². The van der Waals surface area contributed by atoms with Gasteiger partial charge in [0.15, 0.2) is 0 Å². The highest BCUT2D eigenvalue weighted by atomic mass is 32.5. The van der Waals surface area contributed by atoms with Crippen molar-refractivity contribution < 1.29 is 17.5 Å². The van der Waals surface area contributed by atoms with Crippen LogP contribution in [0.3, 0.4) is 0 Å². The Morgan fingerprint density at radius 2 is 1.60 bits per heavy atom. The van der Waals surface area contributed by atoms with E-state index in [-0.39, 0.29) is 6.54 Å². The van der Waals surface area contributed by atoms with Gasteiger partial charge in [-0.15, -0.1) is 4.08 Å². The molecule has 0 saturated carbocycles. The Balaban J connectivity index is 5.12. The van der Waals surface area contributed by atoms with E-state index in [4.69, 9.17) is 20.9 Å². The second-order valence-corrected chi connectivity index (χ2v) is 8.20. The Morgan fingerprint density at radius 3 is 1.80 bits per heavy atom. The normalized spacial score (nSPS) is 13.4. The number of hydrogen-bond donors (Lipinski definition) is 0. The second kappa shape index (κ2) is 6.27. The SMILES string of the molecule is CCOP(=S)(OCC)N(CC)S(C)(=O)=O. The summed E-state index contributed by atoms with van der Waals surface area (Å²) in [7, 11) is -3.39. The van der Waals surface area contributed by atoms with E-state index < -0.39 is 16.7 Å². The van der Waals surface area contributed by atoms with Crippen molar-refractivity contribution >= 4 is 28.5 Å². The third kappa shape index (κ3) is 4.46. The van der Waals surface area contributed by atoms with Crippen molar-refractivity contribution in [3.05, 3.63) is 0 Å². The molecule has 0 radical (unpaired) electrons. The van der Waals surface area contributed by atoms with Crippen LogP contribution in [0.2, 0.25) is 0 Å². The molecule has 0 saturated heterocycles. The van der Waals surface area contributed by atoms with Crippen molar-refractivity contribution in [2.75, 3.05) is 26.0 Å². The summed E-state index contributed by atoms with van der Waals surface area (Å²) in [6, 6.07) is 0. The zero-order valence-corrected chi connectivity index (χ0v) is 12.0. The van der Waals surface area contributed by atoms with Gasteiger partial charge in [-0.2, -0.15) is 0 Å². The van der Waals surface area contributed by atoms with Crippen LogP contribution >= 0.6 is 6.64 Å². The van der Waals surface area contributed by atoms with Crippen LogP contribution in [0, 0.1) is 0 Å². The van der Waals surface area contributed by atoms with Gasteiger partial charge in [0.1, 0.15) is 0 Å². The molecule has 0 rings (SSSR count). The highest BCUT2D eigenvalue weighted by Crippen LogP contribution is 2.53. The zero-order valence-electron chi connectivity index (χ0n) is 9.47. The van der Waals surface area contributed by atoms with Crippen LogP contribution in [0.25, 0.3) is 0 Å². The van der Waals surface area contributed by atoms with Gasteiger partial charge in [-0.05, 0) is 25.7 Å². The minimum atomic E-state index is -3.39. The Bertz CT molecular complexity index is 320. The maximum Gasteiger partial charge on any atom is 0.277 e. The minimum absolute atomic E-state index is 0.260. The molecule has 0 aromatic rings. The van der Waals surface area contributed by atoms with Crippen LogP contribution in [-0.4, -0.2) is 38.5 Å². The molecule has 0 bridgehead atoms. The highest BCUT2D eigenvalue weighted by molar-refractivity contribution is 8.13. The molecule has 0 unspecified atom stereocenters. The monoisotopic (exact) mass is 275 g/mol. The van der Waals surface area contributed by atoms with Crippen molar-refractivity contribution in [1.82, 2.24) is 4.08 Å². The van der Waals surface area contributed by atoms with E-state index in [1.54, 1.807) is 20.8 Å². The van der Waals surface area contributed by atoms with E-state index in [0.29, 0.717) is 13.2 Å². The van der Waals surface area contributed by atoms with Gasteiger partial charge in [-0.25, -0.2) is 8.42 Å². The molecule has 0 N–H and O–H groups in total. The molecule has 0 amide bonds. The van der Waals surface area contributed by atoms with Crippen molar-refractivity contribution in [3.8, 4) is 0 Å². The first-order valence-electron chi connectivity index (χ1n) is 4.69. The molecule has 0 atom stereocenters. The topological polar surface area (TPSA) is 55.8 Å². The third-order valence-electron chi connectivity index (χ3n) is 1.51. The van der Waals surface area contributed by atoms with Gasteiger partial charge in [0.05, 0.1) is 19.5 Å². The van der Waals surface area contributed by atoms with Gasteiger partial charge in [-0.3, -0.25) is 0 Å². The molecule has 5 nitrogen and oxygen atoms in total. The quantitative estimate of drug-likeness (QED) is 0.660. The van der Waals surface area contributed by atoms with E-state index in [2.05, 4.69) is 0 Å². The molecular weight excluding hydrogens is 257 g/mol. The summed E-state index contributed by atoms with van der Waals surface area (Å²) in [6.07, 6.45) is 1.11. The lowest BCUT2D eigenvalue weighted by Gasteiger charge is -2.30. The maximum absolute atomic E-state index is 11.5. The smallest absolute Gasteiger partial charge is 0.277 e. The highest BCUT2D eigenvalue weighted by Gasteiger charge is 2.33. The van der Waals surface area contributed by atoms with Crippen molar-refractivity contribution in [2.24, 2.45) is 0 Å². The molecule has 0 heterocycles. The molecule has 92 valence electrons. The number of rotatable bonds is 7. The molecule has 0 fully saturated rings. The van der Waals surface area contributed by atoms with E-state index >= 15 is 0 Å². The summed E-state index contributed by atoms with van der Waals surface area (Å²) < 4.78 is 34.7. The Hall–Kier alpha value is 0.480. The van der Waals surface area contributed by atoms with Crippen LogP contribution < -0.4 is 0 Å². The van der Waals surface area contributed by atoms with E-state index in [1.165, 1.54) is 0 Å². The van der Waals surface area contributed by atoms with Gasteiger partial charge in [-0.1, -0.05) is 6.92 Å². The van der Waals surface area contributed by atoms with E-state index in [0.717, 1.165) is 10.3 Å². The van der Waals surface area contributed by atoms with Crippen molar-refractivity contribution in [1.29, 1.82) is 0 Å². The summed E-state index contributed by atoms with van der Waals surface area (Å²) in [5.74, 6) is 0. The molecule has 8 heteroatoms. The Labute approximate surface area is 97.0 Å². The van der Waals surface area contributed by atoms with Gasteiger partial charge in [0.2, 0.25) is 10.0 Å². The third-order valence-corrected chi connectivity index (χ3v) is 7.60. The fraction of sp³-hybridized carbons (Fsp3) is 1.00. The molecule has 15 heavy (non-hydrogen) atoms. The predicted molar refractivity (Wildman–Crippen MR) is 64.8 cm³/mol. The molecule has 0 aliphatic heterocycles. The Morgan fingerprint density at radius 1 is 1.20 bits per heavy atom. The van der Waals surface area contributed by atoms with Gasteiger partial charge >= 0.3 is 0 Å². The van der Waals surface area contributed by atoms with E-state index in [9.17, 15) is 8.42 Å². The standard InChI is InChI=1S/C7H18NO4PS2/c1-5-8(15(4,9)10)13(14,11-6-2)12-7-3/h5-7H2,1-4H3.